The summed E-state index contributed by atoms with van der Waals surface area (Å²) >= 11 is 0. The second kappa shape index (κ2) is 4.98. The van der Waals surface area contributed by atoms with Crippen LogP contribution in [0.2, 0.25) is 0 Å². The molecule has 2 rings (SSSR count). The maximum absolute atomic E-state index is 11.5. The van der Waals surface area contributed by atoms with Crippen molar-refractivity contribution in [2.45, 2.75) is 26.8 Å². The molecule has 0 aliphatic rings. The Morgan fingerprint density at radius 1 is 1.39 bits per heavy atom. The molecule has 4 nitrogen and oxygen atoms in total. The zero-order valence-electron chi connectivity index (χ0n) is 11.4. The molecule has 18 heavy (non-hydrogen) atoms. The molecule has 1 heterocycles. The normalized spacial score (nSPS) is 13.4. The first-order valence-corrected chi connectivity index (χ1v) is 6.37. The van der Waals surface area contributed by atoms with Gasteiger partial charge in [-0.05, 0) is 30.2 Å². The van der Waals surface area contributed by atoms with Gasteiger partial charge in [-0.2, -0.15) is 0 Å². The maximum atomic E-state index is 11.5. The molecule has 0 aliphatic heterocycles. The van der Waals surface area contributed by atoms with Crippen molar-refractivity contribution in [3.63, 3.8) is 0 Å². The van der Waals surface area contributed by atoms with Gasteiger partial charge in [-0.25, -0.2) is 4.79 Å². The maximum Gasteiger partial charge on any atom is 0.419 e. The smallest absolute Gasteiger partial charge is 0.408 e. The van der Waals surface area contributed by atoms with Crippen LogP contribution in [0.15, 0.2) is 27.4 Å². The predicted molar refractivity (Wildman–Crippen MR) is 72.7 cm³/mol. The van der Waals surface area contributed by atoms with E-state index in [1.165, 1.54) is 4.57 Å². The first-order valence-electron chi connectivity index (χ1n) is 6.37. The second-order valence-corrected chi connectivity index (χ2v) is 4.93. The third kappa shape index (κ3) is 2.20. The predicted octanol–water partition coefficient (Wildman–Crippen LogP) is 2.44. The first-order chi connectivity index (χ1) is 8.54. The lowest BCUT2D eigenvalue weighted by molar-refractivity contribution is 0.421. The molecule has 2 aromatic rings. The van der Waals surface area contributed by atoms with Crippen molar-refractivity contribution >= 4 is 11.1 Å². The van der Waals surface area contributed by atoms with Crippen LogP contribution in [0.4, 0.5) is 0 Å². The van der Waals surface area contributed by atoms with E-state index in [2.05, 4.69) is 32.2 Å². The molecule has 0 radical (unpaired) electrons. The van der Waals surface area contributed by atoms with Gasteiger partial charge in [0, 0.05) is 13.1 Å². The summed E-state index contributed by atoms with van der Waals surface area (Å²) in [5, 5.41) is 3.46. The minimum Gasteiger partial charge on any atom is -0.408 e. The number of oxazole rings is 1. The average Bonchev–Trinajstić information content (AvgIpc) is 2.61. The van der Waals surface area contributed by atoms with Crippen LogP contribution < -0.4 is 11.1 Å². The van der Waals surface area contributed by atoms with E-state index in [0.717, 1.165) is 17.6 Å². The highest BCUT2D eigenvalue weighted by Crippen LogP contribution is 2.24. The number of rotatable bonds is 4. The third-order valence-corrected chi connectivity index (χ3v) is 3.27. The summed E-state index contributed by atoms with van der Waals surface area (Å²) in [5.74, 6) is 0.171. The number of hydrogen-bond donors (Lipinski definition) is 1. The Bertz CT molecular complexity index is 595. The Kier molecular flexibility index (Phi) is 3.57. The second-order valence-electron chi connectivity index (χ2n) is 4.93. The van der Waals surface area contributed by atoms with Crippen molar-refractivity contribution in [3.8, 4) is 0 Å². The quantitative estimate of drug-likeness (QED) is 0.904. The van der Waals surface area contributed by atoms with Gasteiger partial charge in [0.1, 0.15) is 0 Å². The van der Waals surface area contributed by atoms with Gasteiger partial charge in [0.15, 0.2) is 5.58 Å². The number of hydrogen-bond acceptors (Lipinski definition) is 3. The molecule has 0 aliphatic carbocycles. The van der Waals surface area contributed by atoms with Crippen molar-refractivity contribution in [2.24, 2.45) is 13.0 Å². The van der Waals surface area contributed by atoms with Crippen LogP contribution in [0.5, 0.6) is 0 Å². The fourth-order valence-electron chi connectivity index (χ4n) is 2.30. The molecule has 1 aromatic carbocycles. The van der Waals surface area contributed by atoms with Gasteiger partial charge in [0.05, 0.1) is 5.52 Å². The van der Waals surface area contributed by atoms with E-state index < -0.39 is 0 Å². The van der Waals surface area contributed by atoms with Crippen molar-refractivity contribution < 1.29 is 4.42 Å². The van der Waals surface area contributed by atoms with Crippen LogP contribution in [-0.2, 0) is 7.05 Å². The van der Waals surface area contributed by atoms with Gasteiger partial charge < -0.3 is 9.73 Å². The lowest BCUT2D eigenvalue weighted by Gasteiger charge is -2.22. The van der Waals surface area contributed by atoms with Gasteiger partial charge in [-0.3, -0.25) is 4.57 Å². The van der Waals surface area contributed by atoms with Crippen LogP contribution >= 0.6 is 0 Å². The summed E-state index contributed by atoms with van der Waals surface area (Å²) in [5.41, 5.74) is 2.65. The Balaban J connectivity index is 2.48. The fraction of sp³-hybridized carbons (Fsp3) is 0.500. The third-order valence-electron chi connectivity index (χ3n) is 3.27. The van der Waals surface area contributed by atoms with Crippen LogP contribution in [-0.4, -0.2) is 11.1 Å². The van der Waals surface area contributed by atoms with E-state index in [1.807, 2.05) is 12.1 Å². The largest absolute Gasteiger partial charge is 0.419 e. The zero-order chi connectivity index (χ0) is 13.3. The summed E-state index contributed by atoms with van der Waals surface area (Å²) in [4.78, 5) is 11.5. The van der Waals surface area contributed by atoms with Gasteiger partial charge >= 0.3 is 5.76 Å². The van der Waals surface area contributed by atoms with E-state index >= 15 is 0 Å². The summed E-state index contributed by atoms with van der Waals surface area (Å²) in [7, 11) is 1.72. The molecule has 0 saturated heterocycles. The highest BCUT2D eigenvalue weighted by Gasteiger charge is 2.16. The Labute approximate surface area is 107 Å². The molecule has 4 heteroatoms. The van der Waals surface area contributed by atoms with Gasteiger partial charge in [-0.1, -0.05) is 26.8 Å². The summed E-state index contributed by atoms with van der Waals surface area (Å²) in [6, 6.07) is 6.25. The molecular formula is C14H20N2O2. The molecule has 0 amide bonds. The van der Waals surface area contributed by atoms with E-state index in [-0.39, 0.29) is 11.8 Å². The topological polar surface area (TPSA) is 47.2 Å². The molecule has 1 unspecified atom stereocenters. The van der Waals surface area contributed by atoms with E-state index in [0.29, 0.717) is 11.5 Å². The van der Waals surface area contributed by atoms with Gasteiger partial charge in [0.2, 0.25) is 0 Å². The molecule has 1 atom stereocenters. The number of fused-ring (bicyclic) bond motifs is 1. The molecule has 1 N–H and O–H groups in total. The molecule has 0 fully saturated rings. The molecular weight excluding hydrogens is 228 g/mol. The van der Waals surface area contributed by atoms with Crippen LogP contribution in [0.1, 0.15) is 32.4 Å². The Hall–Kier alpha value is -1.55. The monoisotopic (exact) mass is 248 g/mol. The van der Waals surface area contributed by atoms with Crippen LogP contribution in [0.3, 0.4) is 0 Å². The number of benzene rings is 1. The Morgan fingerprint density at radius 2 is 2.11 bits per heavy atom. The van der Waals surface area contributed by atoms with Crippen molar-refractivity contribution in [2.75, 3.05) is 6.54 Å². The van der Waals surface area contributed by atoms with Crippen molar-refractivity contribution in [3.05, 3.63) is 34.3 Å². The van der Waals surface area contributed by atoms with Crippen molar-refractivity contribution in [1.82, 2.24) is 9.88 Å². The lowest BCUT2D eigenvalue weighted by Crippen LogP contribution is -2.25. The standard InChI is InChI=1S/C14H20N2O2/c1-5-15-13(9(2)3)10-6-7-11-12(8-10)18-14(17)16(11)4/h6-9,13,15H,5H2,1-4H3. The SMILES string of the molecule is CCNC(c1ccc2c(c1)oc(=O)n2C)C(C)C. The highest BCUT2D eigenvalue weighted by molar-refractivity contribution is 5.73. The zero-order valence-corrected chi connectivity index (χ0v) is 11.4. The van der Waals surface area contributed by atoms with Crippen LogP contribution in [0, 0.1) is 5.92 Å². The van der Waals surface area contributed by atoms with Gasteiger partial charge in [-0.15, -0.1) is 0 Å². The summed E-state index contributed by atoms with van der Waals surface area (Å²) in [6.45, 7) is 7.37. The molecule has 0 bridgehead atoms. The lowest BCUT2D eigenvalue weighted by atomic mass is 9.96. The number of aromatic nitrogens is 1. The summed E-state index contributed by atoms with van der Waals surface area (Å²) < 4.78 is 6.75. The molecule has 98 valence electrons. The van der Waals surface area contributed by atoms with Crippen molar-refractivity contribution in [1.29, 1.82) is 0 Å². The van der Waals surface area contributed by atoms with Crippen LogP contribution in [0.25, 0.3) is 11.1 Å². The first kappa shape index (κ1) is 12.9. The number of nitrogens with one attached hydrogen (secondary N) is 1. The molecule has 0 saturated carbocycles. The average molecular weight is 248 g/mol. The van der Waals surface area contributed by atoms with Gasteiger partial charge in [0.25, 0.3) is 0 Å². The Morgan fingerprint density at radius 3 is 2.72 bits per heavy atom. The van der Waals surface area contributed by atoms with E-state index in [9.17, 15) is 4.79 Å². The highest BCUT2D eigenvalue weighted by atomic mass is 16.4. The summed E-state index contributed by atoms with van der Waals surface area (Å²) in [6.07, 6.45) is 0. The van der Waals surface area contributed by atoms with E-state index in [4.69, 9.17) is 4.42 Å². The van der Waals surface area contributed by atoms with E-state index in [1.54, 1.807) is 7.05 Å². The minimum absolute atomic E-state index is 0.282. The minimum atomic E-state index is -0.313. The molecule has 0 spiro atoms. The number of aryl methyl sites for hydroxylation is 1. The molecule has 1 aromatic heterocycles. The number of nitrogens with zero attached hydrogens (tertiary/aromatic N) is 1. The fourth-order valence-corrected chi connectivity index (χ4v) is 2.30.